The van der Waals surface area contributed by atoms with E-state index in [0.717, 1.165) is 18.4 Å². The summed E-state index contributed by atoms with van der Waals surface area (Å²) in [7, 11) is 0. The van der Waals surface area contributed by atoms with Crippen LogP contribution in [0.5, 0.6) is 0 Å². The predicted molar refractivity (Wildman–Crippen MR) is 29.0 cm³/mol. The van der Waals surface area contributed by atoms with E-state index in [4.69, 9.17) is 5.11 Å². The minimum Gasteiger partial charge on any atom is -0.396 e. The highest BCUT2D eigenvalue weighted by molar-refractivity contribution is 5.09. The SMILES string of the molecule is OCC1CC(=CF)C1. The fraction of sp³-hybridized carbons (Fsp3) is 0.667. The lowest BCUT2D eigenvalue weighted by Crippen LogP contribution is -2.17. The number of aliphatic hydroxyl groups is 1. The predicted octanol–water partition coefficient (Wildman–Crippen LogP) is 1.24. The molecule has 1 aliphatic carbocycles. The van der Waals surface area contributed by atoms with Crippen molar-refractivity contribution in [2.45, 2.75) is 12.8 Å². The van der Waals surface area contributed by atoms with Gasteiger partial charge in [0.2, 0.25) is 0 Å². The van der Waals surface area contributed by atoms with Crippen molar-refractivity contribution in [2.75, 3.05) is 6.61 Å². The third-order valence-electron chi connectivity index (χ3n) is 1.51. The molecule has 1 N–H and O–H groups in total. The zero-order chi connectivity index (χ0) is 5.98. The third kappa shape index (κ3) is 0.892. The highest BCUT2D eigenvalue weighted by Crippen LogP contribution is 2.31. The number of rotatable bonds is 1. The van der Waals surface area contributed by atoms with Crippen molar-refractivity contribution in [3.63, 3.8) is 0 Å². The van der Waals surface area contributed by atoms with Crippen LogP contribution >= 0.6 is 0 Å². The smallest absolute Gasteiger partial charge is 0.0859 e. The first-order chi connectivity index (χ1) is 3.86. The monoisotopic (exact) mass is 116 g/mol. The second-order valence-corrected chi connectivity index (χ2v) is 2.22. The second kappa shape index (κ2) is 2.27. The number of allylic oxidation sites excluding steroid dienone is 1. The van der Waals surface area contributed by atoms with E-state index < -0.39 is 0 Å². The van der Waals surface area contributed by atoms with Gasteiger partial charge in [-0.1, -0.05) is 0 Å². The third-order valence-corrected chi connectivity index (χ3v) is 1.51. The molecule has 0 spiro atoms. The summed E-state index contributed by atoms with van der Waals surface area (Å²) >= 11 is 0. The van der Waals surface area contributed by atoms with Gasteiger partial charge in [-0.25, -0.2) is 4.39 Å². The lowest BCUT2D eigenvalue weighted by Gasteiger charge is -2.25. The molecule has 1 saturated carbocycles. The highest BCUT2D eigenvalue weighted by atomic mass is 19.1. The molecule has 0 saturated heterocycles. The van der Waals surface area contributed by atoms with E-state index in [2.05, 4.69) is 0 Å². The van der Waals surface area contributed by atoms with Gasteiger partial charge in [0.05, 0.1) is 6.33 Å². The summed E-state index contributed by atoms with van der Waals surface area (Å²) in [6.45, 7) is 0.206. The molecule has 1 aliphatic rings. The first kappa shape index (κ1) is 5.76. The van der Waals surface area contributed by atoms with Crippen molar-refractivity contribution in [1.82, 2.24) is 0 Å². The van der Waals surface area contributed by atoms with Gasteiger partial charge in [-0.15, -0.1) is 0 Å². The van der Waals surface area contributed by atoms with Crippen LogP contribution in [0, 0.1) is 5.92 Å². The van der Waals surface area contributed by atoms with Gasteiger partial charge in [-0.2, -0.15) is 0 Å². The Labute approximate surface area is 47.8 Å². The minimum absolute atomic E-state index is 0.206. The molecule has 0 aromatic carbocycles. The molecular weight excluding hydrogens is 107 g/mol. The fourth-order valence-electron chi connectivity index (χ4n) is 0.900. The van der Waals surface area contributed by atoms with Crippen LogP contribution in [0.3, 0.4) is 0 Å². The number of hydrogen-bond donors (Lipinski definition) is 1. The molecule has 8 heavy (non-hydrogen) atoms. The summed E-state index contributed by atoms with van der Waals surface area (Å²) in [6.07, 6.45) is 2.16. The minimum atomic E-state index is 0.206. The maximum Gasteiger partial charge on any atom is 0.0859 e. The van der Waals surface area contributed by atoms with E-state index in [1.807, 2.05) is 0 Å². The van der Waals surface area contributed by atoms with E-state index in [-0.39, 0.29) is 6.61 Å². The quantitative estimate of drug-likeness (QED) is 0.546. The molecule has 1 fully saturated rings. The zero-order valence-electron chi connectivity index (χ0n) is 4.60. The van der Waals surface area contributed by atoms with Crippen molar-refractivity contribution < 1.29 is 9.50 Å². The van der Waals surface area contributed by atoms with Crippen molar-refractivity contribution in [1.29, 1.82) is 0 Å². The van der Waals surface area contributed by atoms with E-state index >= 15 is 0 Å². The molecule has 2 heteroatoms. The van der Waals surface area contributed by atoms with Gasteiger partial charge in [0.15, 0.2) is 0 Å². The summed E-state index contributed by atoms with van der Waals surface area (Å²) in [4.78, 5) is 0. The Balaban J connectivity index is 2.21. The van der Waals surface area contributed by atoms with Crippen LogP contribution in [0.4, 0.5) is 4.39 Å². The maximum atomic E-state index is 11.5. The van der Waals surface area contributed by atoms with E-state index in [9.17, 15) is 4.39 Å². The van der Waals surface area contributed by atoms with Crippen LogP contribution in [0.15, 0.2) is 11.9 Å². The zero-order valence-corrected chi connectivity index (χ0v) is 4.60. The average Bonchev–Trinajstić information content (AvgIpc) is 1.65. The number of aliphatic hydroxyl groups excluding tert-OH is 1. The van der Waals surface area contributed by atoms with Crippen LogP contribution in [0.2, 0.25) is 0 Å². The average molecular weight is 116 g/mol. The Morgan fingerprint density at radius 1 is 1.75 bits per heavy atom. The van der Waals surface area contributed by atoms with Crippen LogP contribution in [0.25, 0.3) is 0 Å². The molecule has 0 aliphatic heterocycles. The first-order valence-corrected chi connectivity index (χ1v) is 2.75. The molecule has 0 heterocycles. The lowest BCUT2D eigenvalue weighted by atomic mass is 9.82. The van der Waals surface area contributed by atoms with Crippen LogP contribution in [-0.4, -0.2) is 11.7 Å². The first-order valence-electron chi connectivity index (χ1n) is 2.75. The summed E-state index contributed by atoms with van der Waals surface area (Å²) in [5, 5.41) is 8.45. The normalized spacial score (nSPS) is 27.2. The fourth-order valence-corrected chi connectivity index (χ4v) is 0.900. The molecule has 1 nitrogen and oxygen atoms in total. The van der Waals surface area contributed by atoms with Crippen LogP contribution in [0.1, 0.15) is 12.8 Å². The van der Waals surface area contributed by atoms with Crippen molar-refractivity contribution in [2.24, 2.45) is 5.92 Å². The molecule has 0 aromatic heterocycles. The Kier molecular flexibility index (Phi) is 1.63. The van der Waals surface area contributed by atoms with Crippen molar-refractivity contribution in [3.05, 3.63) is 11.9 Å². The van der Waals surface area contributed by atoms with Gasteiger partial charge in [0.25, 0.3) is 0 Å². The molecule has 46 valence electrons. The Morgan fingerprint density at radius 2 is 2.38 bits per heavy atom. The summed E-state index contributed by atoms with van der Waals surface area (Å²) < 4.78 is 11.5. The highest BCUT2D eigenvalue weighted by Gasteiger charge is 2.21. The molecular formula is C6H9FO. The maximum absolute atomic E-state index is 11.5. The molecule has 1 rings (SSSR count). The van der Waals surface area contributed by atoms with Gasteiger partial charge in [-0.3, -0.25) is 0 Å². The van der Waals surface area contributed by atoms with Gasteiger partial charge >= 0.3 is 0 Å². The Bertz CT molecular complexity index is 101. The van der Waals surface area contributed by atoms with Gasteiger partial charge in [0, 0.05) is 6.61 Å². The van der Waals surface area contributed by atoms with Gasteiger partial charge in [-0.05, 0) is 24.3 Å². The lowest BCUT2D eigenvalue weighted by molar-refractivity contribution is 0.196. The topological polar surface area (TPSA) is 20.2 Å². The molecule has 0 radical (unpaired) electrons. The largest absolute Gasteiger partial charge is 0.396 e. The van der Waals surface area contributed by atoms with E-state index in [0.29, 0.717) is 12.2 Å². The van der Waals surface area contributed by atoms with Gasteiger partial charge in [0.1, 0.15) is 0 Å². The van der Waals surface area contributed by atoms with E-state index in [1.54, 1.807) is 0 Å². The summed E-state index contributed by atoms with van der Waals surface area (Å²) in [5.41, 5.74) is 0.837. The second-order valence-electron chi connectivity index (χ2n) is 2.22. The van der Waals surface area contributed by atoms with Crippen LogP contribution in [-0.2, 0) is 0 Å². The van der Waals surface area contributed by atoms with Crippen LogP contribution < -0.4 is 0 Å². The molecule has 0 atom stereocenters. The number of halogens is 1. The molecule has 0 bridgehead atoms. The standard InChI is InChI=1S/C6H9FO/c7-3-5-1-6(2-5)4-8/h3,6,8H,1-2,4H2. The Hall–Kier alpha value is -0.370. The van der Waals surface area contributed by atoms with Crippen molar-refractivity contribution >= 4 is 0 Å². The van der Waals surface area contributed by atoms with Crippen molar-refractivity contribution in [3.8, 4) is 0 Å². The van der Waals surface area contributed by atoms with E-state index in [1.165, 1.54) is 0 Å². The summed E-state index contributed by atoms with van der Waals surface area (Å²) in [5.74, 6) is 0.344. The molecule has 0 aromatic rings. The summed E-state index contributed by atoms with van der Waals surface area (Å²) in [6, 6.07) is 0. The Morgan fingerprint density at radius 3 is 2.75 bits per heavy atom. The number of hydrogen-bond acceptors (Lipinski definition) is 1. The molecule has 0 unspecified atom stereocenters. The molecule has 0 amide bonds. The van der Waals surface area contributed by atoms with Gasteiger partial charge < -0.3 is 5.11 Å².